The van der Waals surface area contributed by atoms with Crippen LogP contribution in [0.4, 0.5) is 5.69 Å². The summed E-state index contributed by atoms with van der Waals surface area (Å²) in [6.07, 6.45) is 5.55. The number of rotatable bonds is 6. The number of ether oxygens (including phenoxy) is 2. The highest BCUT2D eigenvalue weighted by molar-refractivity contribution is 6.30. The van der Waals surface area contributed by atoms with Crippen molar-refractivity contribution in [2.24, 2.45) is 0 Å². The Morgan fingerprint density at radius 3 is 2.82 bits per heavy atom. The smallest absolute Gasteiger partial charge is 0.248 e. The Kier molecular flexibility index (Phi) is 6.22. The lowest BCUT2D eigenvalue weighted by molar-refractivity contribution is -0.111. The van der Waals surface area contributed by atoms with Gasteiger partial charge >= 0.3 is 0 Å². The van der Waals surface area contributed by atoms with Crippen molar-refractivity contribution < 1.29 is 14.3 Å². The molecule has 28 heavy (non-hydrogen) atoms. The fourth-order valence-corrected chi connectivity index (χ4v) is 3.13. The van der Waals surface area contributed by atoms with E-state index in [0.29, 0.717) is 18.2 Å². The second-order valence-corrected chi connectivity index (χ2v) is 7.77. The van der Waals surface area contributed by atoms with Crippen LogP contribution < -0.4 is 10.1 Å². The Labute approximate surface area is 170 Å². The van der Waals surface area contributed by atoms with Gasteiger partial charge in [0.25, 0.3) is 0 Å². The number of nitrogens with one attached hydrogen (secondary N) is 1. The van der Waals surface area contributed by atoms with Gasteiger partial charge in [-0.15, -0.1) is 0 Å². The second-order valence-electron chi connectivity index (χ2n) is 7.33. The number of allylic oxidation sites excluding steroid dienone is 1. The van der Waals surface area contributed by atoms with Crippen LogP contribution in [0.25, 0.3) is 6.08 Å². The molecular formula is C23H24ClNO3. The fourth-order valence-electron chi connectivity index (χ4n) is 2.92. The maximum Gasteiger partial charge on any atom is 0.248 e. The second kappa shape index (κ2) is 8.63. The summed E-state index contributed by atoms with van der Waals surface area (Å²) in [6, 6.07) is 13.2. The van der Waals surface area contributed by atoms with Crippen molar-refractivity contribution >= 4 is 29.3 Å². The molecule has 146 valence electrons. The summed E-state index contributed by atoms with van der Waals surface area (Å²) in [5.41, 5.74) is 3.07. The molecule has 0 aliphatic carbocycles. The predicted octanol–water partition coefficient (Wildman–Crippen LogP) is 5.63. The van der Waals surface area contributed by atoms with E-state index in [1.807, 2.05) is 75.4 Å². The van der Waals surface area contributed by atoms with Crippen molar-refractivity contribution in [2.45, 2.75) is 33.0 Å². The molecule has 1 atom stereocenters. The molecule has 2 aromatic rings. The normalized spacial score (nSPS) is 17.4. The summed E-state index contributed by atoms with van der Waals surface area (Å²) in [4.78, 5) is 11.9. The Balaban J connectivity index is 1.61. The van der Waals surface area contributed by atoms with Gasteiger partial charge in [0, 0.05) is 22.3 Å². The van der Waals surface area contributed by atoms with Crippen LogP contribution in [0.3, 0.4) is 0 Å². The van der Waals surface area contributed by atoms with Crippen molar-refractivity contribution in [1.82, 2.24) is 0 Å². The van der Waals surface area contributed by atoms with E-state index < -0.39 is 5.60 Å². The number of hydrogen-bond acceptors (Lipinski definition) is 3. The topological polar surface area (TPSA) is 47.6 Å². The molecule has 0 bridgehead atoms. The van der Waals surface area contributed by atoms with E-state index >= 15 is 0 Å². The number of halogens is 1. The van der Waals surface area contributed by atoms with Gasteiger partial charge in [-0.25, -0.2) is 0 Å². The third-order valence-electron chi connectivity index (χ3n) is 4.20. The zero-order chi connectivity index (χ0) is 20.1. The van der Waals surface area contributed by atoms with Gasteiger partial charge in [-0.05, 0) is 62.7 Å². The quantitative estimate of drug-likeness (QED) is 0.643. The average Bonchev–Trinajstić information content (AvgIpc) is 2.61. The molecule has 4 nitrogen and oxygen atoms in total. The summed E-state index contributed by atoms with van der Waals surface area (Å²) >= 11 is 6.00. The third-order valence-corrected chi connectivity index (χ3v) is 4.44. The summed E-state index contributed by atoms with van der Waals surface area (Å²) in [7, 11) is 0. The van der Waals surface area contributed by atoms with E-state index in [0.717, 1.165) is 28.1 Å². The van der Waals surface area contributed by atoms with Crippen LogP contribution in [-0.4, -0.2) is 18.1 Å². The molecular weight excluding hydrogens is 374 g/mol. The standard InChI is InChI=1S/C23H24ClNO3/c1-16(2)11-22(26)25-20-7-8-21-18(13-20)9-10-23(3,28-21)15-27-14-17-5-4-6-19(24)12-17/h4-13H,14-15H2,1-3H3,(H,25,26). The average molecular weight is 398 g/mol. The first-order valence-corrected chi connectivity index (χ1v) is 9.51. The van der Waals surface area contributed by atoms with E-state index in [1.165, 1.54) is 0 Å². The minimum atomic E-state index is -0.557. The van der Waals surface area contributed by atoms with Gasteiger partial charge in [0.15, 0.2) is 0 Å². The Morgan fingerprint density at radius 2 is 2.07 bits per heavy atom. The van der Waals surface area contributed by atoms with Crippen molar-refractivity contribution in [3.63, 3.8) is 0 Å². The molecule has 1 N–H and O–H groups in total. The van der Waals surface area contributed by atoms with Gasteiger partial charge in [0.05, 0.1) is 13.2 Å². The molecule has 1 aliphatic heterocycles. The highest BCUT2D eigenvalue weighted by atomic mass is 35.5. The highest BCUT2D eigenvalue weighted by Gasteiger charge is 2.28. The number of amides is 1. The summed E-state index contributed by atoms with van der Waals surface area (Å²) in [6.45, 7) is 6.63. The van der Waals surface area contributed by atoms with Gasteiger partial charge in [-0.2, -0.15) is 0 Å². The summed E-state index contributed by atoms with van der Waals surface area (Å²) in [5, 5.41) is 3.56. The molecule has 1 aliphatic rings. The number of hydrogen-bond donors (Lipinski definition) is 1. The van der Waals surface area contributed by atoms with Crippen LogP contribution in [0.2, 0.25) is 5.02 Å². The molecule has 0 radical (unpaired) electrons. The first-order valence-electron chi connectivity index (χ1n) is 9.13. The Hall–Kier alpha value is -2.56. The van der Waals surface area contributed by atoms with E-state index in [4.69, 9.17) is 21.1 Å². The molecule has 1 unspecified atom stereocenters. The maximum absolute atomic E-state index is 11.9. The van der Waals surface area contributed by atoms with E-state index in [9.17, 15) is 4.79 Å². The van der Waals surface area contributed by atoms with Gasteiger partial charge in [-0.1, -0.05) is 35.4 Å². The SMILES string of the molecule is CC(C)=CC(=O)Nc1ccc2c(c1)C=CC(C)(COCc1cccc(Cl)c1)O2. The molecule has 2 aromatic carbocycles. The molecule has 0 aromatic heterocycles. The third kappa shape index (κ3) is 5.47. The van der Waals surface area contributed by atoms with Gasteiger partial charge in [0.2, 0.25) is 5.91 Å². The van der Waals surface area contributed by atoms with Crippen LogP contribution in [0, 0.1) is 0 Å². The molecule has 1 heterocycles. The molecule has 3 rings (SSSR count). The van der Waals surface area contributed by atoms with Gasteiger partial charge in [-0.3, -0.25) is 4.79 Å². The molecule has 1 amide bonds. The number of anilines is 1. The lowest BCUT2D eigenvalue weighted by atomic mass is 10.0. The minimum Gasteiger partial charge on any atom is -0.480 e. The maximum atomic E-state index is 11.9. The van der Waals surface area contributed by atoms with Gasteiger partial charge < -0.3 is 14.8 Å². The van der Waals surface area contributed by atoms with Crippen LogP contribution >= 0.6 is 11.6 Å². The van der Waals surface area contributed by atoms with Crippen molar-refractivity contribution in [2.75, 3.05) is 11.9 Å². The lowest BCUT2D eigenvalue weighted by Gasteiger charge is -2.31. The Bertz CT molecular complexity index is 931. The molecule has 0 saturated heterocycles. The number of benzene rings is 2. The van der Waals surface area contributed by atoms with Gasteiger partial charge in [0.1, 0.15) is 11.4 Å². The first kappa shape index (κ1) is 20.2. The van der Waals surface area contributed by atoms with Crippen LogP contribution in [0.15, 0.2) is 60.2 Å². The fraction of sp³-hybridized carbons (Fsp3) is 0.261. The van der Waals surface area contributed by atoms with Crippen LogP contribution in [-0.2, 0) is 16.1 Å². The minimum absolute atomic E-state index is 0.139. The van der Waals surface area contributed by atoms with Crippen LogP contribution in [0.5, 0.6) is 5.75 Å². The Morgan fingerprint density at radius 1 is 1.25 bits per heavy atom. The first-order chi connectivity index (χ1) is 13.3. The molecule has 0 saturated carbocycles. The predicted molar refractivity (Wildman–Crippen MR) is 114 cm³/mol. The lowest BCUT2D eigenvalue weighted by Crippen LogP contribution is -2.37. The van der Waals surface area contributed by atoms with Crippen molar-refractivity contribution in [3.8, 4) is 5.75 Å². The largest absolute Gasteiger partial charge is 0.480 e. The summed E-state index contributed by atoms with van der Waals surface area (Å²) < 4.78 is 12.0. The monoisotopic (exact) mass is 397 g/mol. The number of fused-ring (bicyclic) bond motifs is 1. The number of carbonyl (C=O) groups is 1. The van der Waals surface area contributed by atoms with E-state index in [2.05, 4.69) is 5.32 Å². The van der Waals surface area contributed by atoms with Crippen LogP contribution in [0.1, 0.15) is 31.9 Å². The van der Waals surface area contributed by atoms with Crippen molar-refractivity contribution in [3.05, 3.63) is 76.3 Å². The molecule has 0 spiro atoms. The highest BCUT2D eigenvalue weighted by Crippen LogP contribution is 2.33. The summed E-state index contributed by atoms with van der Waals surface area (Å²) in [5.74, 6) is 0.622. The molecule has 5 heteroatoms. The number of carbonyl (C=O) groups excluding carboxylic acids is 1. The zero-order valence-electron chi connectivity index (χ0n) is 16.3. The zero-order valence-corrected chi connectivity index (χ0v) is 17.0. The van der Waals surface area contributed by atoms with E-state index in [1.54, 1.807) is 6.08 Å². The van der Waals surface area contributed by atoms with Crippen molar-refractivity contribution in [1.29, 1.82) is 0 Å². The van der Waals surface area contributed by atoms with E-state index in [-0.39, 0.29) is 5.91 Å². The molecule has 0 fully saturated rings.